The van der Waals surface area contributed by atoms with E-state index in [1.54, 1.807) is 21.1 Å². The molecule has 0 spiro atoms. The summed E-state index contributed by atoms with van der Waals surface area (Å²) < 4.78 is 5.50. The molecule has 1 N–H and O–H groups in total. The van der Waals surface area contributed by atoms with Gasteiger partial charge in [0.25, 0.3) is 5.91 Å². The molecule has 3 amide bonds. The van der Waals surface area contributed by atoms with Crippen LogP contribution in [0, 0.1) is 0 Å². The summed E-state index contributed by atoms with van der Waals surface area (Å²) in [6.07, 6.45) is -0.583. The third-order valence-electron chi connectivity index (χ3n) is 4.02. The predicted octanol–water partition coefficient (Wildman–Crippen LogP) is 0.179. The molecular formula is C17H23N3O4. The minimum atomic E-state index is -0.801. The highest BCUT2D eigenvalue weighted by Gasteiger charge is 2.39. The van der Waals surface area contributed by atoms with Gasteiger partial charge in [-0.25, -0.2) is 0 Å². The number of nitrogens with zero attached hydrogens (tertiary/aromatic N) is 2. The van der Waals surface area contributed by atoms with Crippen LogP contribution >= 0.6 is 0 Å². The van der Waals surface area contributed by atoms with E-state index in [1.807, 2.05) is 30.3 Å². The van der Waals surface area contributed by atoms with Gasteiger partial charge >= 0.3 is 0 Å². The van der Waals surface area contributed by atoms with E-state index in [0.29, 0.717) is 0 Å². The zero-order valence-corrected chi connectivity index (χ0v) is 14.2. The van der Waals surface area contributed by atoms with Crippen molar-refractivity contribution in [2.24, 2.45) is 0 Å². The Labute approximate surface area is 141 Å². The summed E-state index contributed by atoms with van der Waals surface area (Å²) in [5.74, 6) is -0.558. The smallest absolute Gasteiger partial charge is 0.251 e. The first-order chi connectivity index (χ1) is 11.4. The molecule has 1 heterocycles. The first-order valence-corrected chi connectivity index (χ1v) is 7.82. The van der Waals surface area contributed by atoms with Crippen LogP contribution in [0.1, 0.15) is 18.0 Å². The van der Waals surface area contributed by atoms with E-state index < -0.39 is 12.1 Å². The van der Waals surface area contributed by atoms with Gasteiger partial charge in [0.15, 0.2) is 6.10 Å². The van der Waals surface area contributed by atoms with E-state index in [9.17, 15) is 14.4 Å². The molecule has 7 heteroatoms. The number of hydrogen-bond acceptors (Lipinski definition) is 4. The number of likely N-dealkylation sites (N-methyl/N-ethyl adjacent to an activating group) is 1. The van der Waals surface area contributed by atoms with E-state index in [4.69, 9.17) is 4.74 Å². The fourth-order valence-electron chi connectivity index (χ4n) is 2.60. The summed E-state index contributed by atoms with van der Waals surface area (Å²) in [6.45, 7) is 0.101. The number of carbonyl (C=O) groups excluding carboxylic acids is 3. The Bertz CT molecular complexity index is 603. The summed E-state index contributed by atoms with van der Waals surface area (Å²) in [6, 6.07) is 8.81. The van der Waals surface area contributed by atoms with Crippen LogP contribution in [0.2, 0.25) is 0 Å². The lowest BCUT2D eigenvalue weighted by Gasteiger charge is -2.38. The van der Waals surface area contributed by atoms with Gasteiger partial charge in [-0.15, -0.1) is 0 Å². The van der Waals surface area contributed by atoms with Crippen LogP contribution < -0.4 is 5.32 Å². The molecule has 2 rings (SSSR count). The van der Waals surface area contributed by atoms with Gasteiger partial charge in [0.05, 0.1) is 6.04 Å². The SMILES string of the molecule is CN(C)C(=O)CCNC(=O)C1OCC(=O)N(C)C1c1ccccc1. The van der Waals surface area contributed by atoms with Gasteiger partial charge in [0, 0.05) is 34.1 Å². The number of rotatable bonds is 5. The second-order valence-electron chi connectivity index (χ2n) is 5.92. The predicted molar refractivity (Wildman–Crippen MR) is 88.0 cm³/mol. The number of ether oxygens (including phenoxy) is 1. The summed E-state index contributed by atoms with van der Waals surface area (Å²) in [5.41, 5.74) is 0.831. The Hall–Kier alpha value is -2.41. The molecule has 0 aromatic heterocycles. The second-order valence-corrected chi connectivity index (χ2v) is 5.92. The molecule has 2 unspecified atom stereocenters. The number of benzene rings is 1. The van der Waals surface area contributed by atoms with Crippen LogP contribution in [0.4, 0.5) is 0 Å². The molecule has 0 aliphatic carbocycles. The first kappa shape index (κ1) is 17.9. The van der Waals surface area contributed by atoms with E-state index in [1.165, 1.54) is 9.80 Å². The van der Waals surface area contributed by atoms with Crippen LogP contribution in [-0.4, -0.2) is 67.9 Å². The maximum Gasteiger partial charge on any atom is 0.251 e. The quantitative estimate of drug-likeness (QED) is 0.834. The Kier molecular flexibility index (Phi) is 5.92. The molecule has 0 bridgehead atoms. The van der Waals surface area contributed by atoms with Crippen molar-refractivity contribution in [2.45, 2.75) is 18.6 Å². The molecule has 7 nitrogen and oxygen atoms in total. The Morgan fingerprint density at radius 2 is 1.96 bits per heavy atom. The largest absolute Gasteiger partial charge is 0.356 e. The minimum absolute atomic E-state index is 0.0632. The van der Waals surface area contributed by atoms with Crippen LogP contribution in [0.15, 0.2) is 30.3 Å². The molecule has 24 heavy (non-hydrogen) atoms. The highest BCUT2D eigenvalue weighted by Crippen LogP contribution is 2.28. The van der Waals surface area contributed by atoms with E-state index >= 15 is 0 Å². The highest BCUT2D eigenvalue weighted by molar-refractivity contribution is 5.86. The zero-order chi connectivity index (χ0) is 17.7. The second kappa shape index (κ2) is 7.92. The van der Waals surface area contributed by atoms with Crippen molar-refractivity contribution in [2.75, 3.05) is 34.3 Å². The number of hydrogen-bond donors (Lipinski definition) is 1. The molecular weight excluding hydrogens is 310 g/mol. The molecule has 1 aliphatic rings. The Morgan fingerprint density at radius 3 is 2.58 bits per heavy atom. The van der Waals surface area contributed by atoms with Crippen molar-refractivity contribution in [1.29, 1.82) is 0 Å². The summed E-state index contributed by atoms with van der Waals surface area (Å²) in [7, 11) is 5.00. The van der Waals surface area contributed by atoms with Crippen LogP contribution in [0.25, 0.3) is 0 Å². The summed E-state index contributed by atoms with van der Waals surface area (Å²) in [4.78, 5) is 39.0. The average molecular weight is 333 g/mol. The highest BCUT2D eigenvalue weighted by atomic mass is 16.5. The number of morpholine rings is 1. The summed E-state index contributed by atoms with van der Waals surface area (Å²) >= 11 is 0. The Morgan fingerprint density at radius 1 is 1.29 bits per heavy atom. The lowest BCUT2D eigenvalue weighted by atomic mass is 9.97. The van der Waals surface area contributed by atoms with Crippen molar-refractivity contribution in [3.63, 3.8) is 0 Å². The number of nitrogens with one attached hydrogen (secondary N) is 1. The minimum Gasteiger partial charge on any atom is -0.356 e. The molecule has 0 radical (unpaired) electrons. The van der Waals surface area contributed by atoms with Gasteiger partial charge < -0.3 is 19.9 Å². The van der Waals surface area contributed by atoms with Crippen LogP contribution in [0.3, 0.4) is 0 Å². The van der Waals surface area contributed by atoms with Gasteiger partial charge in [0.1, 0.15) is 6.61 Å². The molecule has 1 fully saturated rings. The maximum atomic E-state index is 12.5. The van der Waals surface area contributed by atoms with Crippen molar-refractivity contribution in [3.8, 4) is 0 Å². The van der Waals surface area contributed by atoms with Crippen molar-refractivity contribution < 1.29 is 19.1 Å². The van der Waals surface area contributed by atoms with Gasteiger partial charge in [-0.3, -0.25) is 14.4 Å². The lowest BCUT2D eigenvalue weighted by molar-refractivity contribution is -0.162. The maximum absolute atomic E-state index is 12.5. The van der Waals surface area contributed by atoms with Gasteiger partial charge in [-0.1, -0.05) is 30.3 Å². The van der Waals surface area contributed by atoms with Gasteiger partial charge in [-0.05, 0) is 5.56 Å². The third kappa shape index (κ3) is 4.11. The molecule has 1 aliphatic heterocycles. The van der Waals surface area contributed by atoms with Gasteiger partial charge in [-0.2, -0.15) is 0 Å². The molecule has 1 aromatic carbocycles. The van der Waals surface area contributed by atoms with Crippen molar-refractivity contribution in [3.05, 3.63) is 35.9 Å². The first-order valence-electron chi connectivity index (χ1n) is 7.82. The van der Waals surface area contributed by atoms with Crippen molar-refractivity contribution in [1.82, 2.24) is 15.1 Å². The van der Waals surface area contributed by atoms with Gasteiger partial charge in [0.2, 0.25) is 11.8 Å². The normalized spacial score (nSPS) is 20.6. The molecule has 130 valence electrons. The molecule has 2 atom stereocenters. The van der Waals surface area contributed by atoms with Crippen LogP contribution in [-0.2, 0) is 19.1 Å². The molecule has 1 saturated heterocycles. The zero-order valence-electron chi connectivity index (χ0n) is 14.2. The molecule has 1 aromatic rings. The standard InChI is InChI=1S/C17H23N3O4/c1-19(2)13(21)9-10-18-17(23)16-15(12-7-5-4-6-8-12)20(3)14(22)11-24-16/h4-8,15-16H,9-11H2,1-3H3,(H,18,23). The topological polar surface area (TPSA) is 79.0 Å². The van der Waals surface area contributed by atoms with Crippen LogP contribution in [0.5, 0.6) is 0 Å². The lowest BCUT2D eigenvalue weighted by Crippen LogP contribution is -2.53. The number of carbonyl (C=O) groups is 3. The van der Waals surface area contributed by atoms with E-state index in [2.05, 4.69) is 5.32 Å². The fourth-order valence-corrected chi connectivity index (χ4v) is 2.60. The monoisotopic (exact) mass is 333 g/mol. The average Bonchev–Trinajstić information content (AvgIpc) is 2.57. The van der Waals surface area contributed by atoms with E-state index in [-0.39, 0.29) is 37.3 Å². The Balaban J connectivity index is 2.07. The molecule has 0 saturated carbocycles. The third-order valence-corrected chi connectivity index (χ3v) is 4.02. The summed E-state index contributed by atoms with van der Waals surface area (Å²) in [5, 5.41) is 2.72. The van der Waals surface area contributed by atoms with Crippen molar-refractivity contribution >= 4 is 17.7 Å². The number of amides is 3. The van der Waals surface area contributed by atoms with E-state index in [0.717, 1.165) is 5.56 Å². The fraction of sp³-hybridized carbons (Fsp3) is 0.471.